The zero-order chi connectivity index (χ0) is 19.6. The number of unbranched alkanes of at least 4 members (excludes halogenated alkanes) is 1. The van der Waals surface area contributed by atoms with Crippen LogP contribution in [0.4, 0.5) is 5.00 Å². The van der Waals surface area contributed by atoms with Crippen molar-refractivity contribution >= 4 is 22.2 Å². The Kier molecular flexibility index (Phi) is 8.33. The van der Waals surface area contributed by atoms with Gasteiger partial charge in [0.1, 0.15) is 0 Å². The molecule has 0 bridgehead atoms. The Morgan fingerprint density at radius 2 is 1.93 bits per heavy atom. The van der Waals surface area contributed by atoms with Gasteiger partial charge in [0.15, 0.2) is 0 Å². The van der Waals surface area contributed by atoms with Crippen molar-refractivity contribution in [2.45, 2.75) is 26.2 Å². The zero-order valence-corrected chi connectivity index (χ0v) is 17.4. The Morgan fingerprint density at radius 1 is 1.18 bits per heavy atom. The number of nitrogens with one attached hydrogen (secondary N) is 1. The number of nitrogens with zero attached hydrogens (tertiary/aromatic N) is 1. The van der Waals surface area contributed by atoms with Crippen LogP contribution in [0, 0.1) is 0 Å². The third kappa shape index (κ3) is 5.80. The van der Waals surface area contributed by atoms with Crippen molar-refractivity contribution in [3.05, 3.63) is 41.3 Å². The number of morpholine rings is 1. The van der Waals surface area contributed by atoms with E-state index in [0.717, 1.165) is 73.2 Å². The summed E-state index contributed by atoms with van der Waals surface area (Å²) >= 11 is 1.57. The standard InChI is InChI=1S/C22H30N2O3S/c1-2-3-13-26-14-7-10-23-21(25)20-17-19(18-8-5-4-6-9-18)22(28-20)24-11-15-27-16-12-24/h4-6,8-9,17H,2-3,7,10-16H2,1H3,(H,23,25). The number of thiophene rings is 1. The molecule has 1 aliphatic rings. The first kappa shape index (κ1) is 20.8. The lowest BCUT2D eigenvalue weighted by atomic mass is 10.1. The molecule has 1 saturated heterocycles. The highest BCUT2D eigenvalue weighted by Gasteiger charge is 2.21. The van der Waals surface area contributed by atoms with Gasteiger partial charge in [-0.1, -0.05) is 43.7 Å². The first-order valence-electron chi connectivity index (χ1n) is 10.2. The smallest absolute Gasteiger partial charge is 0.261 e. The van der Waals surface area contributed by atoms with Crippen LogP contribution in [0.15, 0.2) is 36.4 Å². The molecule has 1 aromatic carbocycles. The van der Waals surface area contributed by atoms with E-state index in [1.165, 1.54) is 0 Å². The second-order valence-corrected chi connectivity index (χ2v) is 7.90. The first-order valence-corrected chi connectivity index (χ1v) is 11.0. The van der Waals surface area contributed by atoms with E-state index in [0.29, 0.717) is 13.2 Å². The van der Waals surface area contributed by atoms with Crippen LogP contribution in [-0.2, 0) is 9.47 Å². The van der Waals surface area contributed by atoms with Gasteiger partial charge < -0.3 is 19.7 Å². The summed E-state index contributed by atoms with van der Waals surface area (Å²) in [7, 11) is 0. The molecule has 1 amide bonds. The van der Waals surface area contributed by atoms with Gasteiger partial charge in [0.25, 0.3) is 5.91 Å². The van der Waals surface area contributed by atoms with E-state index < -0.39 is 0 Å². The molecule has 2 heterocycles. The van der Waals surface area contributed by atoms with Crippen molar-refractivity contribution in [3.8, 4) is 11.1 Å². The van der Waals surface area contributed by atoms with E-state index >= 15 is 0 Å². The van der Waals surface area contributed by atoms with Crippen LogP contribution >= 0.6 is 11.3 Å². The Bertz CT molecular complexity index is 727. The third-order valence-corrected chi connectivity index (χ3v) is 5.91. The summed E-state index contributed by atoms with van der Waals surface area (Å²) in [5.74, 6) is -0.00440. The Labute approximate surface area is 171 Å². The molecule has 0 radical (unpaired) electrons. The Hall–Kier alpha value is -1.89. The van der Waals surface area contributed by atoms with E-state index in [1.54, 1.807) is 11.3 Å². The highest BCUT2D eigenvalue weighted by molar-refractivity contribution is 7.18. The van der Waals surface area contributed by atoms with Gasteiger partial charge in [-0.25, -0.2) is 0 Å². The topological polar surface area (TPSA) is 50.8 Å². The van der Waals surface area contributed by atoms with E-state index in [4.69, 9.17) is 9.47 Å². The van der Waals surface area contributed by atoms with Gasteiger partial charge >= 0.3 is 0 Å². The van der Waals surface area contributed by atoms with Gasteiger partial charge in [-0.15, -0.1) is 11.3 Å². The largest absolute Gasteiger partial charge is 0.381 e. The molecule has 5 nitrogen and oxygen atoms in total. The molecule has 0 spiro atoms. The van der Waals surface area contributed by atoms with Gasteiger partial charge in [0, 0.05) is 38.4 Å². The van der Waals surface area contributed by atoms with E-state index in [9.17, 15) is 4.79 Å². The molecule has 152 valence electrons. The lowest BCUT2D eigenvalue weighted by Crippen LogP contribution is -2.35. The average Bonchev–Trinajstić information content (AvgIpc) is 3.20. The summed E-state index contributed by atoms with van der Waals surface area (Å²) in [6, 6.07) is 12.3. The summed E-state index contributed by atoms with van der Waals surface area (Å²) in [6.45, 7) is 7.46. The summed E-state index contributed by atoms with van der Waals surface area (Å²) in [6.07, 6.45) is 3.07. The molecule has 0 unspecified atom stereocenters. The average molecular weight is 403 g/mol. The number of benzene rings is 1. The van der Waals surface area contributed by atoms with Crippen molar-refractivity contribution in [2.75, 3.05) is 51.0 Å². The number of amides is 1. The normalized spacial score (nSPS) is 14.2. The van der Waals surface area contributed by atoms with Crippen molar-refractivity contribution < 1.29 is 14.3 Å². The SMILES string of the molecule is CCCCOCCCNC(=O)c1cc(-c2ccccc2)c(N2CCOCC2)s1. The number of rotatable bonds is 10. The summed E-state index contributed by atoms with van der Waals surface area (Å²) in [4.78, 5) is 15.8. The lowest BCUT2D eigenvalue weighted by molar-refractivity contribution is 0.0944. The molecule has 3 rings (SSSR count). The minimum atomic E-state index is -0.00440. The molecule has 1 aliphatic heterocycles. The summed E-state index contributed by atoms with van der Waals surface area (Å²) < 4.78 is 11.0. The monoisotopic (exact) mass is 402 g/mol. The van der Waals surface area contributed by atoms with Gasteiger partial charge in [-0.3, -0.25) is 4.79 Å². The second-order valence-electron chi connectivity index (χ2n) is 6.87. The molecule has 0 aliphatic carbocycles. The molecular formula is C22H30N2O3S. The highest BCUT2D eigenvalue weighted by atomic mass is 32.1. The number of ether oxygens (including phenoxy) is 2. The number of carbonyl (C=O) groups is 1. The third-order valence-electron chi connectivity index (χ3n) is 4.71. The molecule has 0 atom stereocenters. The van der Waals surface area contributed by atoms with Gasteiger partial charge in [0.05, 0.1) is 23.1 Å². The van der Waals surface area contributed by atoms with Crippen molar-refractivity contribution in [1.82, 2.24) is 5.32 Å². The molecule has 0 saturated carbocycles. The quantitative estimate of drug-likeness (QED) is 0.606. The van der Waals surface area contributed by atoms with E-state index in [-0.39, 0.29) is 5.91 Å². The molecular weight excluding hydrogens is 372 g/mol. The summed E-state index contributed by atoms with van der Waals surface area (Å²) in [5.41, 5.74) is 2.27. The van der Waals surface area contributed by atoms with Gasteiger partial charge in [-0.05, 0) is 24.5 Å². The van der Waals surface area contributed by atoms with Crippen LogP contribution in [0.25, 0.3) is 11.1 Å². The molecule has 6 heteroatoms. The maximum Gasteiger partial charge on any atom is 0.261 e. The lowest BCUT2D eigenvalue weighted by Gasteiger charge is -2.28. The number of anilines is 1. The first-order chi connectivity index (χ1) is 13.8. The van der Waals surface area contributed by atoms with Crippen molar-refractivity contribution in [3.63, 3.8) is 0 Å². The van der Waals surface area contributed by atoms with E-state index in [1.807, 2.05) is 24.3 Å². The minimum Gasteiger partial charge on any atom is -0.381 e. The molecule has 1 fully saturated rings. The zero-order valence-electron chi connectivity index (χ0n) is 16.6. The molecule has 1 N–H and O–H groups in total. The second kappa shape index (κ2) is 11.2. The molecule has 2 aromatic rings. The highest BCUT2D eigenvalue weighted by Crippen LogP contribution is 2.39. The maximum absolute atomic E-state index is 12.7. The maximum atomic E-state index is 12.7. The van der Waals surface area contributed by atoms with Crippen molar-refractivity contribution in [2.24, 2.45) is 0 Å². The Morgan fingerprint density at radius 3 is 2.68 bits per heavy atom. The van der Waals surface area contributed by atoms with Crippen LogP contribution in [-0.4, -0.2) is 52.0 Å². The number of hydrogen-bond acceptors (Lipinski definition) is 5. The fourth-order valence-corrected chi connectivity index (χ4v) is 4.28. The fourth-order valence-electron chi connectivity index (χ4n) is 3.13. The van der Waals surface area contributed by atoms with Crippen LogP contribution < -0.4 is 10.2 Å². The number of carbonyl (C=O) groups excluding carboxylic acids is 1. The van der Waals surface area contributed by atoms with Crippen LogP contribution in [0.1, 0.15) is 35.9 Å². The van der Waals surface area contributed by atoms with Gasteiger partial charge in [-0.2, -0.15) is 0 Å². The Balaban J connectivity index is 1.64. The predicted octanol–water partition coefficient (Wildman–Crippen LogP) is 4.19. The van der Waals surface area contributed by atoms with Crippen LogP contribution in [0.2, 0.25) is 0 Å². The van der Waals surface area contributed by atoms with Gasteiger partial charge in [0.2, 0.25) is 0 Å². The minimum absolute atomic E-state index is 0.00440. The predicted molar refractivity (Wildman–Crippen MR) is 115 cm³/mol. The van der Waals surface area contributed by atoms with Crippen molar-refractivity contribution in [1.29, 1.82) is 0 Å². The molecule has 1 aromatic heterocycles. The summed E-state index contributed by atoms with van der Waals surface area (Å²) in [5, 5.41) is 4.19. The number of hydrogen-bond donors (Lipinski definition) is 1. The molecule has 28 heavy (non-hydrogen) atoms. The van der Waals surface area contributed by atoms with Crippen LogP contribution in [0.3, 0.4) is 0 Å². The van der Waals surface area contributed by atoms with E-state index in [2.05, 4.69) is 29.3 Å². The van der Waals surface area contributed by atoms with Crippen LogP contribution in [0.5, 0.6) is 0 Å². The fraction of sp³-hybridized carbons (Fsp3) is 0.500.